The summed E-state index contributed by atoms with van der Waals surface area (Å²) in [6.07, 6.45) is -4.72. The molecule has 0 aliphatic rings. The van der Waals surface area contributed by atoms with E-state index in [1.54, 1.807) is 6.07 Å². The highest BCUT2D eigenvalue weighted by molar-refractivity contribution is 5.95. The number of aromatic carboxylic acids is 1. The fourth-order valence-electron chi connectivity index (χ4n) is 2.63. The van der Waals surface area contributed by atoms with Crippen LogP contribution in [0, 0.1) is 11.3 Å². The van der Waals surface area contributed by atoms with Gasteiger partial charge in [-0.2, -0.15) is 18.4 Å². The number of nitriles is 1. The van der Waals surface area contributed by atoms with Crippen LogP contribution in [0.1, 0.15) is 31.8 Å². The van der Waals surface area contributed by atoms with Crippen LogP contribution >= 0.6 is 0 Å². The van der Waals surface area contributed by atoms with Gasteiger partial charge in [0, 0.05) is 5.56 Å². The number of carbonyl (C=O) groups excluding carboxylic acids is 1. The molecule has 0 saturated heterocycles. The fraction of sp³-hybridized carbons (Fsp3) is 0.0455. The molecule has 32 heavy (non-hydrogen) atoms. The molecule has 0 radical (unpaired) electrons. The van der Waals surface area contributed by atoms with Gasteiger partial charge in [0.15, 0.2) is 0 Å². The van der Waals surface area contributed by atoms with Crippen molar-refractivity contribution in [3.63, 3.8) is 0 Å². The third-order valence-electron chi connectivity index (χ3n) is 4.22. The minimum atomic E-state index is -4.72. The monoisotopic (exact) mass is 441 g/mol. The van der Waals surface area contributed by atoms with Crippen molar-refractivity contribution >= 4 is 17.6 Å². The molecule has 3 N–H and O–H groups in total. The van der Waals surface area contributed by atoms with Crippen molar-refractivity contribution in [3.8, 4) is 17.6 Å². The van der Waals surface area contributed by atoms with Gasteiger partial charge < -0.3 is 9.84 Å². The number of anilines is 1. The highest BCUT2D eigenvalue weighted by Gasteiger charge is 2.34. The van der Waals surface area contributed by atoms with Crippen molar-refractivity contribution in [2.75, 3.05) is 5.43 Å². The summed E-state index contributed by atoms with van der Waals surface area (Å²) in [5.41, 5.74) is 3.00. The zero-order valence-corrected chi connectivity index (χ0v) is 16.1. The Kier molecular flexibility index (Phi) is 6.30. The molecule has 0 bridgehead atoms. The first-order valence-corrected chi connectivity index (χ1v) is 8.96. The number of benzene rings is 3. The molecule has 0 spiro atoms. The SMILES string of the molecule is N#Cc1ccc(NNC(=O)c2ccc(Oc3ccc(C(=O)O)cc3)cc2)c(C(F)(F)F)c1. The quantitative estimate of drug-likeness (QED) is 0.473. The molecule has 0 heterocycles. The van der Waals surface area contributed by atoms with Crippen LogP contribution in [-0.4, -0.2) is 17.0 Å². The second-order valence-corrected chi connectivity index (χ2v) is 6.41. The zero-order valence-electron chi connectivity index (χ0n) is 16.1. The third-order valence-corrected chi connectivity index (χ3v) is 4.22. The molecule has 3 rings (SSSR count). The molecule has 0 fully saturated rings. The van der Waals surface area contributed by atoms with Crippen molar-refractivity contribution in [3.05, 3.63) is 89.0 Å². The highest BCUT2D eigenvalue weighted by atomic mass is 19.4. The van der Waals surface area contributed by atoms with Gasteiger partial charge in [0.25, 0.3) is 5.91 Å². The van der Waals surface area contributed by atoms with E-state index >= 15 is 0 Å². The number of rotatable bonds is 6. The van der Waals surface area contributed by atoms with Gasteiger partial charge in [-0.25, -0.2) is 4.79 Å². The van der Waals surface area contributed by atoms with Gasteiger partial charge in [-0.1, -0.05) is 0 Å². The Morgan fingerprint density at radius 1 is 0.906 bits per heavy atom. The molecular weight excluding hydrogens is 427 g/mol. The topological polar surface area (TPSA) is 111 Å². The van der Waals surface area contributed by atoms with Crippen molar-refractivity contribution in [1.82, 2.24) is 5.43 Å². The van der Waals surface area contributed by atoms with Gasteiger partial charge in [-0.05, 0) is 66.7 Å². The average molecular weight is 441 g/mol. The lowest BCUT2D eigenvalue weighted by Gasteiger charge is -2.15. The van der Waals surface area contributed by atoms with E-state index in [1.807, 2.05) is 0 Å². The Morgan fingerprint density at radius 3 is 1.97 bits per heavy atom. The number of carboxylic acids is 1. The maximum Gasteiger partial charge on any atom is 0.418 e. The van der Waals surface area contributed by atoms with Crippen LogP contribution in [0.4, 0.5) is 18.9 Å². The summed E-state index contributed by atoms with van der Waals surface area (Å²) in [5.74, 6) is -1.01. The van der Waals surface area contributed by atoms with Crippen LogP contribution in [-0.2, 0) is 6.18 Å². The van der Waals surface area contributed by atoms with E-state index in [0.29, 0.717) is 17.6 Å². The number of ether oxygens (including phenoxy) is 1. The number of carboxylic acid groups (broad SMARTS) is 1. The Morgan fingerprint density at radius 2 is 1.47 bits per heavy atom. The number of alkyl halides is 3. The largest absolute Gasteiger partial charge is 0.478 e. The number of halogens is 3. The number of carbonyl (C=O) groups is 2. The normalized spacial score (nSPS) is 10.7. The van der Waals surface area contributed by atoms with Crippen molar-refractivity contribution in [2.24, 2.45) is 0 Å². The second kappa shape index (κ2) is 9.09. The van der Waals surface area contributed by atoms with Gasteiger partial charge in [0.1, 0.15) is 11.5 Å². The minimum Gasteiger partial charge on any atom is -0.478 e. The predicted molar refractivity (Wildman–Crippen MR) is 107 cm³/mol. The van der Waals surface area contributed by atoms with Gasteiger partial charge in [0.05, 0.1) is 28.4 Å². The number of amides is 1. The molecule has 10 heteroatoms. The lowest BCUT2D eigenvalue weighted by Crippen LogP contribution is -2.30. The molecule has 0 aromatic heterocycles. The number of hydrogen-bond donors (Lipinski definition) is 3. The lowest BCUT2D eigenvalue weighted by atomic mass is 10.1. The van der Waals surface area contributed by atoms with E-state index in [-0.39, 0.29) is 16.7 Å². The van der Waals surface area contributed by atoms with Gasteiger partial charge in [-0.3, -0.25) is 15.6 Å². The van der Waals surface area contributed by atoms with Gasteiger partial charge in [0.2, 0.25) is 0 Å². The van der Waals surface area contributed by atoms with Crippen molar-refractivity contribution in [1.29, 1.82) is 5.26 Å². The van der Waals surface area contributed by atoms with E-state index in [2.05, 4.69) is 10.9 Å². The summed E-state index contributed by atoms with van der Waals surface area (Å²) in [6.45, 7) is 0. The molecule has 0 aliphatic carbocycles. The minimum absolute atomic E-state index is 0.104. The standard InChI is InChI=1S/C22H14F3N3O4/c23-22(24,25)18-11-13(12-26)1-10-19(18)27-28-20(29)14-2-6-16(7-3-14)32-17-8-4-15(5-9-17)21(30)31/h1-11,27H,(H,28,29)(H,30,31). The summed E-state index contributed by atoms with van der Waals surface area (Å²) in [6, 6.07) is 16.0. The molecule has 3 aromatic carbocycles. The summed E-state index contributed by atoms with van der Waals surface area (Å²) < 4.78 is 45.1. The Hall–Kier alpha value is -4.52. The first-order valence-electron chi connectivity index (χ1n) is 8.96. The highest BCUT2D eigenvalue weighted by Crippen LogP contribution is 2.35. The fourth-order valence-corrected chi connectivity index (χ4v) is 2.63. The Bertz CT molecular complexity index is 1190. The third kappa shape index (κ3) is 5.34. The van der Waals surface area contributed by atoms with Crippen LogP contribution < -0.4 is 15.6 Å². The molecule has 1 amide bonds. The van der Waals surface area contributed by atoms with Gasteiger partial charge in [-0.15, -0.1) is 0 Å². The van der Waals surface area contributed by atoms with E-state index < -0.39 is 29.3 Å². The van der Waals surface area contributed by atoms with Crippen LogP contribution in [0.25, 0.3) is 0 Å². The molecule has 0 aliphatic heterocycles. The summed E-state index contributed by atoms with van der Waals surface area (Å²) in [5, 5.41) is 17.7. The van der Waals surface area contributed by atoms with E-state index in [9.17, 15) is 22.8 Å². The molecule has 0 atom stereocenters. The predicted octanol–water partition coefficient (Wildman–Crippen LogP) is 4.82. The van der Waals surface area contributed by atoms with E-state index in [1.165, 1.54) is 54.6 Å². The summed E-state index contributed by atoms with van der Waals surface area (Å²) in [4.78, 5) is 23.1. The van der Waals surface area contributed by atoms with E-state index in [0.717, 1.165) is 6.07 Å². The smallest absolute Gasteiger partial charge is 0.418 e. The lowest BCUT2D eigenvalue weighted by molar-refractivity contribution is -0.137. The summed E-state index contributed by atoms with van der Waals surface area (Å²) >= 11 is 0. The Balaban J connectivity index is 1.65. The number of nitrogens with zero attached hydrogens (tertiary/aromatic N) is 1. The Labute approximate surface area is 179 Å². The van der Waals surface area contributed by atoms with Gasteiger partial charge >= 0.3 is 12.1 Å². The first-order chi connectivity index (χ1) is 15.2. The molecule has 0 saturated carbocycles. The van der Waals surface area contributed by atoms with E-state index in [4.69, 9.17) is 15.1 Å². The zero-order chi connectivity index (χ0) is 23.3. The summed E-state index contributed by atoms with van der Waals surface area (Å²) in [7, 11) is 0. The molecule has 7 nitrogen and oxygen atoms in total. The first kappa shape index (κ1) is 22.2. The number of hydrogen-bond acceptors (Lipinski definition) is 5. The second-order valence-electron chi connectivity index (χ2n) is 6.41. The van der Waals surface area contributed by atoms with Crippen LogP contribution in [0.3, 0.4) is 0 Å². The maximum absolute atomic E-state index is 13.2. The van der Waals surface area contributed by atoms with Crippen LogP contribution in [0.5, 0.6) is 11.5 Å². The molecular formula is C22H14F3N3O4. The van der Waals surface area contributed by atoms with Crippen LogP contribution in [0.15, 0.2) is 66.7 Å². The van der Waals surface area contributed by atoms with Crippen LogP contribution in [0.2, 0.25) is 0 Å². The average Bonchev–Trinajstić information content (AvgIpc) is 2.77. The van der Waals surface area contributed by atoms with Crippen molar-refractivity contribution < 1.29 is 32.6 Å². The maximum atomic E-state index is 13.2. The van der Waals surface area contributed by atoms with Crippen molar-refractivity contribution in [2.45, 2.75) is 6.18 Å². The molecule has 162 valence electrons. The number of hydrazine groups is 1. The number of nitrogens with one attached hydrogen (secondary N) is 2. The molecule has 0 unspecified atom stereocenters. The molecule has 3 aromatic rings.